The number of hydrogen-bond donors (Lipinski definition) is 0. The second-order valence-electron chi connectivity index (χ2n) is 6.80. The first-order valence-corrected chi connectivity index (χ1v) is 11.9. The molecule has 1 aromatic carbocycles. The molecule has 3 amide bonds. The van der Waals surface area contributed by atoms with Gasteiger partial charge < -0.3 is 4.90 Å². The zero-order chi connectivity index (χ0) is 21.0. The fraction of sp³-hybridized carbons (Fsp3) is 0.350. The van der Waals surface area contributed by atoms with Crippen LogP contribution in [0.5, 0.6) is 0 Å². The Labute approximate surface area is 174 Å². The molecule has 0 bridgehead atoms. The zero-order valence-electron chi connectivity index (χ0n) is 16.0. The molecule has 2 heterocycles. The number of allylic oxidation sites excluding steroid dienone is 2. The lowest BCUT2D eigenvalue weighted by Gasteiger charge is -2.28. The minimum atomic E-state index is -3.14. The van der Waals surface area contributed by atoms with Gasteiger partial charge in [-0.2, -0.15) is 0 Å². The van der Waals surface area contributed by atoms with E-state index in [2.05, 4.69) is 0 Å². The number of nitrogens with zero attached hydrogens (tertiary/aromatic N) is 2. The summed E-state index contributed by atoms with van der Waals surface area (Å²) in [6, 6.07) is 9.12. The van der Waals surface area contributed by atoms with Crippen molar-refractivity contribution in [2.45, 2.75) is 19.4 Å². The van der Waals surface area contributed by atoms with Gasteiger partial charge in [-0.15, -0.1) is 0 Å². The fourth-order valence-electron chi connectivity index (χ4n) is 3.35. The highest BCUT2D eigenvalue weighted by atomic mass is 32.2. The number of carbonyl (C=O) groups excluding carboxylic acids is 3. The predicted molar refractivity (Wildman–Crippen MR) is 113 cm³/mol. The van der Waals surface area contributed by atoms with Gasteiger partial charge in [0.2, 0.25) is 5.91 Å². The van der Waals surface area contributed by atoms with E-state index in [0.717, 1.165) is 22.2 Å². The molecule has 0 spiro atoms. The molecule has 3 rings (SSSR count). The first kappa shape index (κ1) is 21.3. The van der Waals surface area contributed by atoms with Gasteiger partial charge in [0.1, 0.15) is 6.54 Å². The lowest BCUT2D eigenvalue weighted by atomic mass is 10.2. The summed E-state index contributed by atoms with van der Waals surface area (Å²) in [6.07, 6.45) is 5.45. The molecule has 9 heteroatoms. The van der Waals surface area contributed by atoms with E-state index >= 15 is 0 Å². The Balaban J connectivity index is 1.65. The van der Waals surface area contributed by atoms with Gasteiger partial charge >= 0.3 is 0 Å². The maximum absolute atomic E-state index is 12.7. The largest absolute Gasteiger partial charge is 0.337 e. The van der Waals surface area contributed by atoms with E-state index in [4.69, 9.17) is 0 Å². The monoisotopic (exact) mass is 434 g/mol. The van der Waals surface area contributed by atoms with Crippen molar-refractivity contribution < 1.29 is 22.8 Å². The molecular formula is C20H22N2O5S2. The van der Waals surface area contributed by atoms with Gasteiger partial charge in [0.15, 0.2) is 9.84 Å². The number of amides is 3. The van der Waals surface area contributed by atoms with Gasteiger partial charge in [0.05, 0.1) is 16.4 Å². The normalized spacial score (nSPS) is 22.7. The summed E-state index contributed by atoms with van der Waals surface area (Å²) in [5.74, 6) is -0.947. The average Bonchev–Trinajstić information content (AvgIpc) is 3.17. The molecule has 1 atom stereocenters. The zero-order valence-corrected chi connectivity index (χ0v) is 17.6. The molecular weight excluding hydrogens is 412 g/mol. The van der Waals surface area contributed by atoms with Crippen molar-refractivity contribution in [3.8, 4) is 0 Å². The van der Waals surface area contributed by atoms with Gasteiger partial charge in [-0.05, 0) is 36.7 Å². The van der Waals surface area contributed by atoms with Gasteiger partial charge in [-0.25, -0.2) is 8.42 Å². The third-order valence-corrected chi connectivity index (χ3v) is 7.49. The summed E-state index contributed by atoms with van der Waals surface area (Å²) >= 11 is 0.791. The number of benzene rings is 1. The Morgan fingerprint density at radius 3 is 2.62 bits per heavy atom. The maximum Gasteiger partial charge on any atom is 0.294 e. The summed E-state index contributed by atoms with van der Waals surface area (Å²) in [4.78, 5) is 40.1. The quantitative estimate of drug-likeness (QED) is 0.638. The molecule has 2 saturated heterocycles. The number of imide groups is 1. The van der Waals surface area contributed by atoms with Crippen LogP contribution in [0, 0.1) is 0 Å². The second kappa shape index (κ2) is 8.96. The van der Waals surface area contributed by atoms with E-state index in [-0.39, 0.29) is 23.0 Å². The van der Waals surface area contributed by atoms with Crippen LogP contribution in [0.15, 0.2) is 47.4 Å². The Bertz CT molecular complexity index is 970. The fourth-order valence-corrected chi connectivity index (χ4v) is 5.87. The highest BCUT2D eigenvalue weighted by molar-refractivity contribution is 8.18. The SMILES string of the molecule is CCN(C(=O)CN1C(=O)SC(=CC=Cc2ccccc2)C1=O)C1CCS(=O)(=O)C1. The summed E-state index contributed by atoms with van der Waals surface area (Å²) in [5, 5.41) is -0.502. The highest BCUT2D eigenvalue weighted by Gasteiger charge is 2.39. The van der Waals surface area contributed by atoms with Crippen molar-refractivity contribution in [2.75, 3.05) is 24.6 Å². The molecule has 0 aromatic heterocycles. The number of hydrogen-bond acceptors (Lipinski definition) is 6. The minimum Gasteiger partial charge on any atom is -0.337 e. The molecule has 2 fully saturated rings. The predicted octanol–water partition coefficient (Wildman–Crippen LogP) is 2.31. The molecule has 29 heavy (non-hydrogen) atoms. The Hall–Kier alpha value is -2.39. The summed E-state index contributed by atoms with van der Waals surface area (Å²) in [6.45, 7) is 1.70. The van der Waals surface area contributed by atoms with Crippen molar-refractivity contribution in [1.82, 2.24) is 9.80 Å². The Morgan fingerprint density at radius 2 is 2.00 bits per heavy atom. The van der Waals surface area contributed by atoms with Crippen LogP contribution in [-0.2, 0) is 19.4 Å². The van der Waals surface area contributed by atoms with Crippen molar-refractivity contribution in [2.24, 2.45) is 0 Å². The molecule has 154 valence electrons. The third-order valence-electron chi connectivity index (χ3n) is 4.81. The Kier molecular flexibility index (Phi) is 6.59. The number of carbonyl (C=O) groups is 3. The molecule has 7 nitrogen and oxygen atoms in total. The van der Waals surface area contributed by atoms with Gasteiger partial charge in [-0.1, -0.05) is 42.5 Å². The van der Waals surface area contributed by atoms with Crippen molar-refractivity contribution in [3.63, 3.8) is 0 Å². The van der Waals surface area contributed by atoms with Crippen LogP contribution >= 0.6 is 11.8 Å². The van der Waals surface area contributed by atoms with Crippen LogP contribution < -0.4 is 0 Å². The van der Waals surface area contributed by atoms with Crippen molar-refractivity contribution in [3.05, 3.63) is 53.0 Å². The molecule has 0 aliphatic carbocycles. The van der Waals surface area contributed by atoms with E-state index in [0.29, 0.717) is 13.0 Å². The topological polar surface area (TPSA) is 91.8 Å². The molecule has 0 saturated carbocycles. The highest BCUT2D eigenvalue weighted by Crippen LogP contribution is 2.31. The van der Waals surface area contributed by atoms with Crippen LogP contribution in [0.4, 0.5) is 4.79 Å². The average molecular weight is 435 g/mol. The molecule has 0 N–H and O–H groups in total. The van der Waals surface area contributed by atoms with Crippen LogP contribution in [0.2, 0.25) is 0 Å². The lowest BCUT2D eigenvalue weighted by molar-refractivity contribution is -0.137. The Morgan fingerprint density at radius 1 is 1.28 bits per heavy atom. The van der Waals surface area contributed by atoms with E-state index in [9.17, 15) is 22.8 Å². The van der Waals surface area contributed by atoms with E-state index in [1.165, 1.54) is 4.90 Å². The third kappa shape index (κ3) is 5.16. The molecule has 0 radical (unpaired) electrons. The van der Waals surface area contributed by atoms with E-state index in [1.807, 2.05) is 36.4 Å². The summed E-state index contributed by atoms with van der Waals surface area (Å²) < 4.78 is 23.4. The standard InChI is InChI=1S/C20H22N2O5S2/c1-2-21(16-11-12-29(26,27)14-16)18(23)13-22-19(24)17(28-20(22)25)10-6-9-15-7-4-3-5-8-15/h3-10,16H,2,11-14H2,1H3. The molecule has 1 unspecified atom stereocenters. The van der Waals surface area contributed by atoms with Crippen LogP contribution in [0.1, 0.15) is 18.9 Å². The summed E-state index contributed by atoms with van der Waals surface area (Å²) in [7, 11) is -3.14. The van der Waals surface area contributed by atoms with Gasteiger partial charge in [0, 0.05) is 12.6 Å². The number of thioether (sulfide) groups is 1. The second-order valence-corrected chi connectivity index (χ2v) is 10.0. The van der Waals surface area contributed by atoms with Crippen molar-refractivity contribution >= 4 is 44.7 Å². The number of rotatable bonds is 6. The number of sulfone groups is 1. The van der Waals surface area contributed by atoms with Crippen LogP contribution in [-0.4, -0.2) is 65.9 Å². The maximum atomic E-state index is 12.7. The number of likely N-dealkylation sites (N-methyl/N-ethyl adjacent to an activating group) is 1. The molecule has 2 aliphatic rings. The first-order valence-electron chi connectivity index (χ1n) is 9.27. The minimum absolute atomic E-state index is 0.0551. The van der Waals surface area contributed by atoms with Crippen LogP contribution in [0.25, 0.3) is 6.08 Å². The van der Waals surface area contributed by atoms with Crippen LogP contribution in [0.3, 0.4) is 0 Å². The van der Waals surface area contributed by atoms with Crippen molar-refractivity contribution in [1.29, 1.82) is 0 Å². The van der Waals surface area contributed by atoms with E-state index in [1.54, 1.807) is 19.1 Å². The smallest absolute Gasteiger partial charge is 0.294 e. The molecule has 2 aliphatic heterocycles. The first-order chi connectivity index (χ1) is 13.8. The lowest BCUT2D eigenvalue weighted by Crippen LogP contribution is -2.47. The summed E-state index contributed by atoms with van der Waals surface area (Å²) in [5.41, 5.74) is 0.961. The molecule has 1 aromatic rings. The van der Waals surface area contributed by atoms with E-state index < -0.39 is 32.9 Å². The van der Waals surface area contributed by atoms with Gasteiger partial charge in [0.25, 0.3) is 11.1 Å². The van der Waals surface area contributed by atoms with Gasteiger partial charge in [-0.3, -0.25) is 19.3 Å².